The molecule has 0 aliphatic heterocycles. The molecule has 0 saturated carbocycles. The van der Waals surface area contributed by atoms with Crippen molar-refractivity contribution >= 4 is 5.97 Å². The number of hydrogen-bond acceptors (Lipinski definition) is 3. The quantitative estimate of drug-likeness (QED) is 0.350. The first-order valence-corrected chi connectivity index (χ1v) is 4.99. The summed E-state index contributed by atoms with van der Waals surface area (Å²) in [4.78, 5) is 10.7. The van der Waals surface area contributed by atoms with Crippen LogP contribution in [0, 0.1) is 0 Å². The molecule has 0 spiro atoms. The van der Waals surface area contributed by atoms with Gasteiger partial charge in [0, 0.05) is 13.3 Å². The van der Waals surface area contributed by atoms with Crippen LogP contribution in [-0.4, -0.2) is 18.9 Å². The molecule has 0 saturated heterocycles. The summed E-state index contributed by atoms with van der Waals surface area (Å²) in [7, 11) is 0. The van der Waals surface area contributed by atoms with Crippen molar-refractivity contribution in [2.45, 2.75) is 52.7 Å². The Bertz CT molecular complexity index is 134. The van der Waals surface area contributed by atoms with Crippen LogP contribution in [0.5, 0.6) is 0 Å². The van der Waals surface area contributed by atoms with E-state index in [0.29, 0.717) is 6.61 Å². The molecule has 0 aliphatic rings. The predicted molar refractivity (Wildman–Crippen MR) is 51.3 cm³/mol. The predicted octanol–water partition coefficient (Wildman–Crippen LogP) is 2.49. The van der Waals surface area contributed by atoms with Crippen molar-refractivity contribution in [1.82, 2.24) is 0 Å². The molecule has 1 unspecified atom stereocenters. The highest BCUT2D eigenvalue weighted by Crippen LogP contribution is 2.05. The lowest BCUT2D eigenvalue weighted by Gasteiger charge is -2.16. The highest BCUT2D eigenvalue weighted by Gasteiger charge is 2.09. The second-order valence-electron chi connectivity index (χ2n) is 3.05. The van der Waals surface area contributed by atoms with E-state index in [1.807, 2.05) is 6.92 Å². The molecule has 1 atom stereocenters. The van der Waals surface area contributed by atoms with Gasteiger partial charge in [0.05, 0.1) is 6.61 Å². The van der Waals surface area contributed by atoms with Crippen LogP contribution in [0.3, 0.4) is 0 Å². The van der Waals surface area contributed by atoms with E-state index in [4.69, 9.17) is 9.47 Å². The number of carbonyl (C=O) groups is 1. The van der Waals surface area contributed by atoms with Crippen molar-refractivity contribution in [1.29, 1.82) is 0 Å². The van der Waals surface area contributed by atoms with Gasteiger partial charge in [0.25, 0.3) is 0 Å². The van der Waals surface area contributed by atoms with Gasteiger partial charge in [-0.05, 0) is 6.42 Å². The molecule has 0 bridgehead atoms. The Kier molecular flexibility index (Phi) is 7.69. The van der Waals surface area contributed by atoms with Crippen molar-refractivity contribution < 1.29 is 14.3 Å². The normalized spacial score (nSPS) is 12.5. The number of esters is 1. The molecule has 0 N–H and O–H groups in total. The maximum absolute atomic E-state index is 10.7. The van der Waals surface area contributed by atoms with E-state index in [1.54, 1.807) is 0 Å². The molecule has 0 aromatic rings. The van der Waals surface area contributed by atoms with Gasteiger partial charge < -0.3 is 9.47 Å². The van der Waals surface area contributed by atoms with Gasteiger partial charge in [-0.2, -0.15) is 0 Å². The first-order valence-electron chi connectivity index (χ1n) is 4.99. The lowest BCUT2D eigenvalue weighted by Crippen LogP contribution is -2.20. The van der Waals surface area contributed by atoms with E-state index in [-0.39, 0.29) is 12.3 Å². The second-order valence-corrected chi connectivity index (χ2v) is 3.05. The molecule has 3 heteroatoms. The van der Waals surface area contributed by atoms with Crippen molar-refractivity contribution in [2.24, 2.45) is 0 Å². The average molecular weight is 188 g/mol. The van der Waals surface area contributed by atoms with E-state index in [1.165, 1.54) is 6.92 Å². The van der Waals surface area contributed by atoms with Gasteiger partial charge in [0.15, 0.2) is 0 Å². The van der Waals surface area contributed by atoms with Crippen LogP contribution < -0.4 is 0 Å². The molecule has 78 valence electrons. The monoisotopic (exact) mass is 188 g/mol. The lowest BCUT2D eigenvalue weighted by molar-refractivity contribution is -0.177. The largest absolute Gasteiger partial charge is 0.436 e. The smallest absolute Gasteiger partial charge is 0.304 e. The van der Waals surface area contributed by atoms with Crippen LogP contribution in [0.4, 0.5) is 0 Å². The van der Waals surface area contributed by atoms with Crippen molar-refractivity contribution in [2.75, 3.05) is 6.61 Å². The minimum absolute atomic E-state index is 0.269. The van der Waals surface area contributed by atoms with Gasteiger partial charge in [-0.25, -0.2) is 0 Å². The first-order chi connectivity index (χ1) is 6.20. The lowest BCUT2D eigenvalue weighted by atomic mass is 10.3. The van der Waals surface area contributed by atoms with Crippen LogP contribution in [0.1, 0.15) is 46.5 Å². The number of hydrogen-bond donors (Lipinski definition) is 0. The van der Waals surface area contributed by atoms with Crippen molar-refractivity contribution in [3.63, 3.8) is 0 Å². The van der Waals surface area contributed by atoms with Gasteiger partial charge >= 0.3 is 5.97 Å². The Hall–Kier alpha value is -0.570. The van der Waals surface area contributed by atoms with Crippen LogP contribution in [0.25, 0.3) is 0 Å². The third kappa shape index (κ3) is 7.78. The summed E-state index contributed by atoms with van der Waals surface area (Å²) in [5.41, 5.74) is 0. The Morgan fingerprint density at radius 3 is 2.46 bits per heavy atom. The van der Waals surface area contributed by atoms with Gasteiger partial charge in [0.2, 0.25) is 6.29 Å². The molecular formula is C10H20O3. The Morgan fingerprint density at radius 1 is 1.31 bits per heavy atom. The fraction of sp³-hybridized carbons (Fsp3) is 0.900. The minimum Gasteiger partial charge on any atom is -0.436 e. The number of ether oxygens (including phenoxy) is 2. The standard InChI is InChI=1S/C10H20O3/c1-4-6-8-12-10(7-5-2)13-9(3)11/h10H,4-8H2,1-3H3. The van der Waals surface area contributed by atoms with Gasteiger partial charge in [-0.1, -0.05) is 26.7 Å². The Labute approximate surface area is 80.4 Å². The zero-order valence-corrected chi connectivity index (χ0v) is 8.84. The van der Waals surface area contributed by atoms with Gasteiger partial charge in [-0.3, -0.25) is 4.79 Å². The average Bonchev–Trinajstić information content (AvgIpc) is 2.04. The fourth-order valence-electron chi connectivity index (χ4n) is 0.956. The summed E-state index contributed by atoms with van der Waals surface area (Å²) in [5.74, 6) is -0.269. The zero-order chi connectivity index (χ0) is 10.1. The summed E-state index contributed by atoms with van der Waals surface area (Å²) >= 11 is 0. The highest BCUT2D eigenvalue weighted by molar-refractivity contribution is 5.66. The molecule has 0 aromatic carbocycles. The molecule has 13 heavy (non-hydrogen) atoms. The number of rotatable bonds is 7. The van der Waals surface area contributed by atoms with E-state index in [9.17, 15) is 4.79 Å². The molecule has 0 fully saturated rings. The Balaban J connectivity index is 3.59. The van der Waals surface area contributed by atoms with Crippen molar-refractivity contribution in [3.8, 4) is 0 Å². The zero-order valence-electron chi connectivity index (χ0n) is 8.84. The van der Waals surface area contributed by atoms with Crippen LogP contribution in [-0.2, 0) is 14.3 Å². The van der Waals surface area contributed by atoms with Crippen molar-refractivity contribution in [3.05, 3.63) is 0 Å². The molecular weight excluding hydrogens is 168 g/mol. The molecule has 0 rings (SSSR count). The Morgan fingerprint density at radius 2 is 2.00 bits per heavy atom. The van der Waals surface area contributed by atoms with Crippen LogP contribution in [0.2, 0.25) is 0 Å². The highest BCUT2D eigenvalue weighted by atomic mass is 16.7. The fourth-order valence-corrected chi connectivity index (χ4v) is 0.956. The van der Waals surface area contributed by atoms with E-state index < -0.39 is 0 Å². The van der Waals surface area contributed by atoms with E-state index >= 15 is 0 Å². The molecule has 3 nitrogen and oxygen atoms in total. The molecule has 0 radical (unpaired) electrons. The summed E-state index contributed by atoms with van der Waals surface area (Å²) in [6.07, 6.45) is 3.52. The second kappa shape index (κ2) is 8.05. The number of unbranched alkanes of at least 4 members (excludes halogenated alkanes) is 1. The molecule has 0 aromatic heterocycles. The summed E-state index contributed by atoms with van der Waals surface area (Å²) in [6, 6.07) is 0. The third-order valence-corrected chi connectivity index (χ3v) is 1.62. The van der Waals surface area contributed by atoms with Crippen LogP contribution >= 0.6 is 0 Å². The first kappa shape index (κ1) is 12.4. The minimum atomic E-state index is -0.339. The molecule has 0 heterocycles. The van der Waals surface area contributed by atoms with E-state index in [2.05, 4.69) is 6.92 Å². The molecule has 0 amide bonds. The summed E-state index contributed by atoms with van der Waals surface area (Å²) in [6.45, 7) is 6.23. The molecule has 0 aliphatic carbocycles. The van der Waals surface area contributed by atoms with Crippen LogP contribution in [0.15, 0.2) is 0 Å². The number of carbonyl (C=O) groups excluding carboxylic acids is 1. The topological polar surface area (TPSA) is 35.5 Å². The van der Waals surface area contributed by atoms with Gasteiger partial charge in [-0.15, -0.1) is 0 Å². The maximum atomic E-state index is 10.7. The summed E-state index contributed by atoms with van der Waals surface area (Å²) < 4.78 is 10.4. The van der Waals surface area contributed by atoms with E-state index in [0.717, 1.165) is 25.7 Å². The maximum Gasteiger partial charge on any atom is 0.304 e. The SMILES string of the molecule is CCCCOC(CCC)OC(C)=O. The third-order valence-electron chi connectivity index (χ3n) is 1.62. The van der Waals surface area contributed by atoms with Gasteiger partial charge in [0.1, 0.15) is 0 Å². The summed E-state index contributed by atoms with van der Waals surface area (Å²) in [5, 5.41) is 0.